The van der Waals surface area contributed by atoms with Crippen LogP contribution in [-0.4, -0.2) is 41.3 Å². The Balaban J connectivity index is 1.44. The van der Waals surface area contributed by atoms with Gasteiger partial charge in [0.2, 0.25) is 11.8 Å². The number of aromatic nitrogens is 1. The largest absolute Gasteiger partial charge is 0.369 e. The lowest BCUT2D eigenvalue weighted by molar-refractivity contribution is -0.120. The molecule has 6 nitrogen and oxygen atoms in total. The molecule has 0 atom stereocenters. The molecule has 2 amide bonds. The Morgan fingerprint density at radius 2 is 1.92 bits per heavy atom. The Morgan fingerprint density at radius 3 is 2.62 bits per heavy atom. The van der Waals surface area contributed by atoms with Gasteiger partial charge in [0.15, 0.2) is 0 Å². The summed E-state index contributed by atoms with van der Waals surface area (Å²) in [5.41, 5.74) is 6.49. The highest BCUT2D eigenvalue weighted by atomic mass is 16.2. The first-order valence-corrected chi connectivity index (χ1v) is 9.86. The number of rotatable bonds is 7. The van der Waals surface area contributed by atoms with Gasteiger partial charge in [-0.2, -0.15) is 0 Å². The zero-order valence-electron chi connectivity index (χ0n) is 15.5. The SMILES string of the molecule is NC(=O)CN1CCC(CCc2ccnc(NC(=O)C3CCCC3)c2)CC1. The molecule has 1 aliphatic carbocycles. The number of hydrogen-bond acceptors (Lipinski definition) is 4. The van der Waals surface area contributed by atoms with Gasteiger partial charge in [-0.15, -0.1) is 0 Å². The second kappa shape index (κ2) is 9.12. The van der Waals surface area contributed by atoms with Crippen LogP contribution in [0.1, 0.15) is 50.5 Å². The second-order valence-electron chi connectivity index (χ2n) is 7.74. The summed E-state index contributed by atoms with van der Waals surface area (Å²) < 4.78 is 0. The van der Waals surface area contributed by atoms with Crippen molar-refractivity contribution in [3.63, 3.8) is 0 Å². The molecule has 26 heavy (non-hydrogen) atoms. The fourth-order valence-corrected chi connectivity index (χ4v) is 4.14. The zero-order valence-corrected chi connectivity index (χ0v) is 15.5. The van der Waals surface area contributed by atoms with Gasteiger partial charge in [0.05, 0.1) is 6.54 Å². The Morgan fingerprint density at radius 1 is 1.19 bits per heavy atom. The van der Waals surface area contributed by atoms with Crippen molar-refractivity contribution in [2.45, 2.75) is 51.4 Å². The van der Waals surface area contributed by atoms with Gasteiger partial charge in [-0.3, -0.25) is 14.5 Å². The third-order valence-corrected chi connectivity index (χ3v) is 5.73. The van der Waals surface area contributed by atoms with E-state index in [1.165, 1.54) is 5.56 Å². The Kier molecular flexibility index (Phi) is 6.61. The van der Waals surface area contributed by atoms with Crippen LogP contribution in [-0.2, 0) is 16.0 Å². The molecule has 3 N–H and O–H groups in total. The van der Waals surface area contributed by atoms with Crippen molar-refractivity contribution < 1.29 is 9.59 Å². The third-order valence-electron chi connectivity index (χ3n) is 5.73. The highest BCUT2D eigenvalue weighted by Gasteiger charge is 2.23. The smallest absolute Gasteiger partial charge is 0.231 e. The van der Waals surface area contributed by atoms with Crippen LogP contribution in [0.4, 0.5) is 5.82 Å². The number of carbonyl (C=O) groups excluding carboxylic acids is 2. The first-order chi connectivity index (χ1) is 12.6. The fourth-order valence-electron chi connectivity index (χ4n) is 4.14. The number of nitrogens with zero attached hydrogens (tertiary/aromatic N) is 2. The molecule has 3 rings (SSSR count). The molecule has 0 unspecified atom stereocenters. The maximum atomic E-state index is 12.2. The standard InChI is InChI=1S/C20H30N4O2/c21-18(25)14-24-11-8-15(9-12-24)5-6-16-7-10-22-19(13-16)23-20(26)17-3-1-2-4-17/h7,10,13,15,17H,1-6,8-9,11-12,14H2,(H2,21,25)(H,22,23,26). The summed E-state index contributed by atoms with van der Waals surface area (Å²) in [5.74, 6) is 1.40. The van der Waals surface area contributed by atoms with E-state index in [4.69, 9.17) is 5.73 Å². The number of hydrogen-bond donors (Lipinski definition) is 2. The summed E-state index contributed by atoms with van der Waals surface area (Å²) in [6, 6.07) is 4.04. The van der Waals surface area contributed by atoms with Crippen molar-refractivity contribution in [1.82, 2.24) is 9.88 Å². The van der Waals surface area contributed by atoms with Crippen LogP contribution < -0.4 is 11.1 Å². The van der Waals surface area contributed by atoms with E-state index in [1.807, 2.05) is 12.1 Å². The molecule has 1 saturated heterocycles. The maximum Gasteiger partial charge on any atom is 0.231 e. The molecule has 1 aliphatic heterocycles. The van der Waals surface area contributed by atoms with E-state index in [1.54, 1.807) is 6.20 Å². The van der Waals surface area contributed by atoms with Crippen LogP contribution in [0, 0.1) is 11.8 Å². The number of carbonyl (C=O) groups is 2. The number of aryl methyl sites for hydroxylation is 1. The number of nitrogens with two attached hydrogens (primary N) is 1. The molecule has 2 heterocycles. The van der Waals surface area contributed by atoms with E-state index in [-0.39, 0.29) is 17.7 Å². The molecule has 0 spiro atoms. The molecule has 6 heteroatoms. The lowest BCUT2D eigenvalue weighted by atomic mass is 9.90. The number of nitrogens with one attached hydrogen (secondary N) is 1. The summed E-state index contributed by atoms with van der Waals surface area (Å²) in [6.07, 6.45) is 10.5. The maximum absolute atomic E-state index is 12.2. The summed E-state index contributed by atoms with van der Waals surface area (Å²) >= 11 is 0. The summed E-state index contributed by atoms with van der Waals surface area (Å²) in [5, 5.41) is 2.99. The van der Waals surface area contributed by atoms with Gasteiger partial charge < -0.3 is 11.1 Å². The van der Waals surface area contributed by atoms with Gasteiger partial charge in [0, 0.05) is 12.1 Å². The third kappa shape index (κ3) is 5.53. The number of amides is 2. The van der Waals surface area contributed by atoms with Gasteiger partial charge in [-0.05, 0) is 75.2 Å². The molecular weight excluding hydrogens is 328 g/mol. The Bertz CT molecular complexity index is 620. The van der Waals surface area contributed by atoms with Crippen molar-refractivity contribution in [2.24, 2.45) is 17.6 Å². The van der Waals surface area contributed by atoms with Crippen LogP contribution in [0.3, 0.4) is 0 Å². The molecular formula is C20H30N4O2. The summed E-state index contributed by atoms with van der Waals surface area (Å²) in [6.45, 7) is 2.28. The van der Waals surface area contributed by atoms with Crippen molar-refractivity contribution >= 4 is 17.6 Å². The molecule has 2 aliphatic rings. The number of likely N-dealkylation sites (tertiary alicyclic amines) is 1. The van der Waals surface area contributed by atoms with E-state index in [2.05, 4.69) is 15.2 Å². The zero-order chi connectivity index (χ0) is 18.4. The number of piperidine rings is 1. The fraction of sp³-hybridized carbons (Fsp3) is 0.650. The molecule has 0 radical (unpaired) electrons. The van der Waals surface area contributed by atoms with Gasteiger partial charge in [-0.1, -0.05) is 12.8 Å². The number of primary amides is 1. The molecule has 1 aromatic heterocycles. The molecule has 1 aromatic rings. The lowest BCUT2D eigenvalue weighted by Crippen LogP contribution is -2.39. The predicted molar refractivity (Wildman–Crippen MR) is 102 cm³/mol. The molecule has 1 saturated carbocycles. The predicted octanol–water partition coefficient (Wildman–Crippen LogP) is 2.34. The van der Waals surface area contributed by atoms with Crippen molar-refractivity contribution in [1.29, 1.82) is 0 Å². The van der Waals surface area contributed by atoms with Gasteiger partial charge in [0.25, 0.3) is 0 Å². The van der Waals surface area contributed by atoms with Crippen molar-refractivity contribution in [3.8, 4) is 0 Å². The van der Waals surface area contributed by atoms with Crippen LogP contribution in [0.15, 0.2) is 18.3 Å². The minimum absolute atomic E-state index is 0.119. The average Bonchev–Trinajstić information content (AvgIpc) is 3.16. The summed E-state index contributed by atoms with van der Waals surface area (Å²) in [7, 11) is 0. The first kappa shape index (κ1) is 18.8. The quantitative estimate of drug-likeness (QED) is 0.783. The minimum atomic E-state index is -0.243. The van der Waals surface area contributed by atoms with Crippen LogP contribution in [0.5, 0.6) is 0 Å². The average molecular weight is 358 g/mol. The van der Waals surface area contributed by atoms with Gasteiger partial charge in [-0.25, -0.2) is 4.98 Å². The minimum Gasteiger partial charge on any atom is -0.369 e. The van der Waals surface area contributed by atoms with Crippen molar-refractivity contribution in [3.05, 3.63) is 23.9 Å². The highest BCUT2D eigenvalue weighted by molar-refractivity contribution is 5.91. The molecule has 2 fully saturated rings. The Hall–Kier alpha value is -1.95. The number of pyridine rings is 1. The monoisotopic (exact) mass is 358 g/mol. The second-order valence-corrected chi connectivity index (χ2v) is 7.74. The van der Waals surface area contributed by atoms with Gasteiger partial charge >= 0.3 is 0 Å². The normalized spacial score (nSPS) is 19.5. The van der Waals surface area contributed by atoms with Crippen molar-refractivity contribution in [2.75, 3.05) is 25.0 Å². The van der Waals surface area contributed by atoms with E-state index < -0.39 is 0 Å². The first-order valence-electron chi connectivity index (χ1n) is 9.86. The van der Waals surface area contributed by atoms with E-state index >= 15 is 0 Å². The number of anilines is 1. The Labute approximate surface area is 155 Å². The van der Waals surface area contributed by atoms with Crippen LogP contribution in [0.25, 0.3) is 0 Å². The van der Waals surface area contributed by atoms with E-state index in [9.17, 15) is 9.59 Å². The van der Waals surface area contributed by atoms with E-state index in [0.29, 0.717) is 18.3 Å². The van der Waals surface area contributed by atoms with E-state index in [0.717, 1.165) is 64.5 Å². The van der Waals surface area contributed by atoms with Gasteiger partial charge in [0.1, 0.15) is 5.82 Å². The molecule has 142 valence electrons. The summed E-state index contributed by atoms with van der Waals surface area (Å²) in [4.78, 5) is 29.7. The molecule has 0 aromatic carbocycles. The molecule has 0 bridgehead atoms. The van der Waals surface area contributed by atoms with Crippen LogP contribution >= 0.6 is 0 Å². The highest BCUT2D eigenvalue weighted by Crippen LogP contribution is 2.26. The topological polar surface area (TPSA) is 88.3 Å². The van der Waals surface area contributed by atoms with Crippen LogP contribution in [0.2, 0.25) is 0 Å². The lowest BCUT2D eigenvalue weighted by Gasteiger charge is -2.31.